The molecule has 1 radical (unpaired) electrons. The van der Waals surface area contributed by atoms with E-state index in [2.05, 4.69) is 0 Å². The van der Waals surface area contributed by atoms with Gasteiger partial charge in [-0.05, 0) is 17.2 Å². The van der Waals surface area contributed by atoms with Crippen LogP contribution in [0.25, 0.3) is 6.08 Å². The van der Waals surface area contributed by atoms with Gasteiger partial charge in [0.1, 0.15) is 0 Å². The third kappa shape index (κ3) is 2.16. The van der Waals surface area contributed by atoms with Crippen LogP contribution in [0, 0.1) is 6.33 Å². The molecule has 1 aromatic carbocycles. The van der Waals surface area contributed by atoms with E-state index in [9.17, 15) is 4.39 Å². The Morgan fingerprint density at radius 2 is 2.00 bits per heavy atom. The Bertz CT molecular complexity index is 238. The fraction of sp³-hybridized carbons (Fsp3) is 0.111. The average molecular weight is 150 g/mol. The van der Waals surface area contributed by atoms with E-state index in [0.29, 0.717) is 6.54 Å². The summed E-state index contributed by atoms with van der Waals surface area (Å²) in [5, 5.41) is 0. The minimum Gasteiger partial charge on any atom is -0.326 e. The maximum atomic E-state index is 11.5. The molecule has 0 unspecified atom stereocenters. The van der Waals surface area contributed by atoms with Gasteiger partial charge in [0.05, 0.1) is 0 Å². The van der Waals surface area contributed by atoms with Crippen LogP contribution in [0.4, 0.5) is 4.39 Å². The summed E-state index contributed by atoms with van der Waals surface area (Å²) in [6.45, 7) is 0.517. The molecule has 11 heavy (non-hydrogen) atoms. The van der Waals surface area contributed by atoms with Crippen molar-refractivity contribution in [2.45, 2.75) is 6.54 Å². The first-order valence-electron chi connectivity index (χ1n) is 3.35. The van der Waals surface area contributed by atoms with Crippen LogP contribution >= 0.6 is 0 Å². The standard InChI is InChI=1S/C9H9FN/c10-6-5-8-1-3-9(7-11)4-2-8/h1-5H,7,11H2. The van der Waals surface area contributed by atoms with E-state index in [4.69, 9.17) is 5.73 Å². The van der Waals surface area contributed by atoms with Crippen molar-refractivity contribution in [2.24, 2.45) is 5.73 Å². The van der Waals surface area contributed by atoms with Crippen molar-refractivity contribution < 1.29 is 4.39 Å². The van der Waals surface area contributed by atoms with Crippen LogP contribution in [-0.2, 0) is 6.54 Å². The van der Waals surface area contributed by atoms with Gasteiger partial charge in [0.2, 0.25) is 0 Å². The van der Waals surface area contributed by atoms with Gasteiger partial charge in [0.25, 0.3) is 0 Å². The molecule has 0 saturated carbocycles. The summed E-state index contributed by atoms with van der Waals surface area (Å²) >= 11 is 0. The second-order valence-electron chi connectivity index (χ2n) is 2.20. The molecule has 1 nitrogen and oxygen atoms in total. The van der Waals surface area contributed by atoms with Gasteiger partial charge < -0.3 is 5.73 Å². The van der Waals surface area contributed by atoms with Crippen LogP contribution in [0.2, 0.25) is 0 Å². The lowest BCUT2D eigenvalue weighted by Gasteiger charge is -1.95. The number of benzene rings is 1. The molecule has 0 amide bonds. The van der Waals surface area contributed by atoms with Crippen molar-refractivity contribution in [3.8, 4) is 0 Å². The molecule has 0 bridgehead atoms. The second kappa shape index (κ2) is 3.88. The van der Waals surface area contributed by atoms with Crippen LogP contribution in [0.3, 0.4) is 0 Å². The molecule has 0 aliphatic carbocycles. The van der Waals surface area contributed by atoms with E-state index in [-0.39, 0.29) is 0 Å². The molecule has 57 valence electrons. The van der Waals surface area contributed by atoms with Gasteiger partial charge >= 0.3 is 0 Å². The minimum absolute atomic E-state index is 0.517. The van der Waals surface area contributed by atoms with Gasteiger partial charge in [-0.25, -0.2) is 4.39 Å². The second-order valence-corrected chi connectivity index (χ2v) is 2.20. The fourth-order valence-corrected chi connectivity index (χ4v) is 0.813. The molecule has 2 heteroatoms. The van der Waals surface area contributed by atoms with Gasteiger partial charge in [-0.15, -0.1) is 0 Å². The highest BCUT2D eigenvalue weighted by Gasteiger charge is 1.88. The van der Waals surface area contributed by atoms with Crippen molar-refractivity contribution in [2.75, 3.05) is 0 Å². The van der Waals surface area contributed by atoms with Crippen molar-refractivity contribution in [1.82, 2.24) is 0 Å². The number of nitrogens with two attached hydrogens (primary N) is 1. The number of rotatable bonds is 2. The SMILES string of the molecule is NCc1ccc(C=[C]F)cc1. The highest BCUT2D eigenvalue weighted by molar-refractivity contribution is 5.46. The summed E-state index contributed by atoms with van der Waals surface area (Å²) in [4.78, 5) is 0. The molecular formula is C9H9FN. The van der Waals surface area contributed by atoms with Crippen molar-refractivity contribution in [3.05, 3.63) is 41.7 Å². The summed E-state index contributed by atoms with van der Waals surface area (Å²) in [6, 6.07) is 7.33. The first-order chi connectivity index (χ1) is 5.36. The number of hydrogen-bond acceptors (Lipinski definition) is 1. The van der Waals surface area contributed by atoms with Crippen LogP contribution in [-0.4, -0.2) is 0 Å². The zero-order chi connectivity index (χ0) is 8.10. The topological polar surface area (TPSA) is 26.0 Å². The average Bonchev–Trinajstić information content (AvgIpc) is 2.07. The number of halogens is 1. The molecule has 1 aromatic rings. The highest BCUT2D eigenvalue weighted by atomic mass is 19.1. The van der Waals surface area contributed by atoms with Crippen LogP contribution in [0.15, 0.2) is 24.3 Å². The summed E-state index contributed by atoms with van der Waals surface area (Å²) < 4.78 is 11.5. The molecule has 0 aliphatic heterocycles. The lowest BCUT2D eigenvalue weighted by atomic mass is 10.1. The molecule has 0 aromatic heterocycles. The lowest BCUT2D eigenvalue weighted by molar-refractivity contribution is 0.691. The van der Waals surface area contributed by atoms with Gasteiger partial charge in [-0.1, -0.05) is 24.3 Å². The Morgan fingerprint density at radius 3 is 2.45 bits per heavy atom. The van der Waals surface area contributed by atoms with E-state index >= 15 is 0 Å². The molecule has 0 spiro atoms. The monoisotopic (exact) mass is 150 g/mol. The maximum Gasteiger partial charge on any atom is 0.159 e. The summed E-state index contributed by atoms with van der Waals surface area (Å²) in [5.74, 6) is 0. The third-order valence-electron chi connectivity index (χ3n) is 1.44. The Kier molecular flexibility index (Phi) is 2.81. The maximum absolute atomic E-state index is 11.5. The lowest BCUT2D eigenvalue weighted by Crippen LogP contribution is -1.94. The van der Waals surface area contributed by atoms with E-state index in [0.717, 1.165) is 11.1 Å². The van der Waals surface area contributed by atoms with Gasteiger partial charge in [-0.3, -0.25) is 0 Å². The summed E-state index contributed by atoms with van der Waals surface area (Å²) in [5.41, 5.74) is 7.21. The molecule has 0 aliphatic rings. The van der Waals surface area contributed by atoms with Gasteiger partial charge in [0.15, 0.2) is 6.33 Å². The van der Waals surface area contributed by atoms with Crippen LogP contribution in [0.1, 0.15) is 11.1 Å². The molecule has 0 heterocycles. The Labute approximate surface area is 65.3 Å². The molecule has 0 fully saturated rings. The van der Waals surface area contributed by atoms with E-state index in [1.54, 1.807) is 12.1 Å². The predicted octanol–water partition coefficient (Wildman–Crippen LogP) is 1.89. The van der Waals surface area contributed by atoms with Crippen LogP contribution in [0.5, 0.6) is 0 Å². The normalized spacial score (nSPS) is 10.7. The van der Waals surface area contributed by atoms with Crippen molar-refractivity contribution in [1.29, 1.82) is 0 Å². The first kappa shape index (κ1) is 7.95. The minimum atomic E-state index is 0.517. The largest absolute Gasteiger partial charge is 0.326 e. The summed E-state index contributed by atoms with van der Waals surface area (Å²) in [6.07, 6.45) is 2.74. The first-order valence-corrected chi connectivity index (χ1v) is 3.35. The molecular weight excluding hydrogens is 141 g/mol. The highest BCUT2D eigenvalue weighted by Crippen LogP contribution is 2.04. The quantitative estimate of drug-likeness (QED) is 0.684. The number of hydrogen-bond donors (Lipinski definition) is 1. The van der Waals surface area contributed by atoms with Gasteiger partial charge in [0, 0.05) is 6.54 Å². The molecule has 1 rings (SSSR count). The van der Waals surface area contributed by atoms with E-state index in [1.807, 2.05) is 12.1 Å². The Morgan fingerprint density at radius 1 is 1.36 bits per heavy atom. The Balaban J connectivity index is 2.82. The van der Waals surface area contributed by atoms with E-state index < -0.39 is 0 Å². The van der Waals surface area contributed by atoms with Gasteiger partial charge in [-0.2, -0.15) is 0 Å². The molecule has 0 saturated heterocycles. The third-order valence-corrected chi connectivity index (χ3v) is 1.44. The van der Waals surface area contributed by atoms with E-state index in [1.165, 1.54) is 12.4 Å². The fourth-order valence-electron chi connectivity index (χ4n) is 0.813. The predicted molar refractivity (Wildman–Crippen MR) is 43.1 cm³/mol. The van der Waals surface area contributed by atoms with Crippen molar-refractivity contribution in [3.63, 3.8) is 0 Å². The van der Waals surface area contributed by atoms with Crippen molar-refractivity contribution >= 4 is 6.08 Å². The summed E-state index contributed by atoms with van der Waals surface area (Å²) in [7, 11) is 0. The van der Waals surface area contributed by atoms with Crippen LogP contribution < -0.4 is 5.73 Å². The molecule has 2 N–H and O–H groups in total. The molecule has 0 atom stereocenters. The Hall–Kier alpha value is -1.15. The smallest absolute Gasteiger partial charge is 0.159 e. The zero-order valence-electron chi connectivity index (χ0n) is 6.05. The zero-order valence-corrected chi connectivity index (χ0v) is 6.05.